The molecule has 0 aliphatic carbocycles. The Labute approximate surface area is 401 Å². The van der Waals surface area contributed by atoms with Crippen LogP contribution in [-0.2, 0) is 31.1 Å². The summed E-state index contributed by atoms with van der Waals surface area (Å²) in [6, 6.07) is 20.4. The van der Waals surface area contributed by atoms with E-state index in [1.807, 2.05) is 131 Å². The van der Waals surface area contributed by atoms with E-state index in [1.165, 1.54) is 16.2 Å². The number of likely N-dealkylation sites (tertiary alicyclic amines) is 1. The normalized spacial score (nSPS) is 15.7. The van der Waals surface area contributed by atoms with Gasteiger partial charge in [-0.2, -0.15) is 0 Å². The number of anilines is 2. The minimum atomic E-state index is -0.981. The predicted molar refractivity (Wildman–Crippen MR) is 262 cm³/mol. The summed E-state index contributed by atoms with van der Waals surface area (Å²) in [5, 5.41) is 25.8. The van der Waals surface area contributed by atoms with Crippen molar-refractivity contribution in [2.24, 2.45) is 5.41 Å². The first-order valence-corrected chi connectivity index (χ1v) is 23.9. The van der Waals surface area contributed by atoms with Crippen LogP contribution in [0.2, 0.25) is 0 Å². The lowest BCUT2D eigenvalue weighted by Gasteiger charge is -2.35. The molecule has 0 spiro atoms. The zero-order chi connectivity index (χ0) is 48.3. The van der Waals surface area contributed by atoms with Crippen LogP contribution in [0.15, 0.2) is 89.0 Å². The third-order valence-corrected chi connectivity index (χ3v) is 13.4. The van der Waals surface area contributed by atoms with E-state index < -0.39 is 41.4 Å². The quantitative estimate of drug-likeness (QED) is 0.0626. The van der Waals surface area contributed by atoms with Gasteiger partial charge in [0.05, 0.1) is 44.7 Å². The van der Waals surface area contributed by atoms with E-state index in [-0.39, 0.29) is 50.7 Å². The van der Waals surface area contributed by atoms with Crippen LogP contribution in [0.3, 0.4) is 0 Å². The number of fused-ring (bicyclic) bond motifs is 3. The number of nitrogens with zero attached hydrogens (tertiary/aromatic N) is 5. The van der Waals surface area contributed by atoms with Gasteiger partial charge in [0, 0.05) is 48.4 Å². The number of aliphatic hydroxyl groups is 1. The van der Waals surface area contributed by atoms with Crippen molar-refractivity contribution in [3.63, 3.8) is 0 Å². The van der Waals surface area contributed by atoms with Crippen LogP contribution >= 0.6 is 22.7 Å². The Morgan fingerprint density at radius 1 is 0.941 bits per heavy atom. The molecular weight excluding hydrogens is 907 g/mol. The van der Waals surface area contributed by atoms with Crippen molar-refractivity contribution in [3.8, 4) is 27.4 Å². The van der Waals surface area contributed by atoms with E-state index in [0.717, 1.165) is 48.1 Å². The SMILES string of the molecule is Cc1ncsc1-c1ccc(CNC(=O)[C@@H]2C[C@@H](O)CN2C(=O)[C@@H](NC(=O)COCCOc2ccc3c(c2)sc2nc(-c4ccc(NC(=O)Nc5cc(C(C)(C)C)on5)cc4)cn23)C(C)(C)C)cc1. The van der Waals surface area contributed by atoms with Crippen molar-refractivity contribution in [1.29, 1.82) is 0 Å². The van der Waals surface area contributed by atoms with Gasteiger partial charge in [-0.1, -0.05) is 94.4 Å². The second-order valence-corrected chi connectivity index (χ2v) is 20.7. The molecule has 19 heteroatoms. The molecule has 356 valence electrons. The average molecular weight is 962 g/mol. The van der Waals surface area contributed by atoms with Gasteiger partial charge >= 0.3 is 6.03 Å². The molecule has 0 radical (unpaired) electrons. The summed E-state index contributed by atoms with van der Waals surface area (Å²) < 4.78 is 19.9. The van der Waals surface area contributed by atoms with Crippen molar-refractivity contribution >= 4 is 73.1 Å². The molecule has 7 aromatic rings. The molecule has 3 aromatic carbocycles. The first kappa shape index (κ1) is 47.8. The minimum Gasteiger partial charge on any atom is -0.491 e. The third-order valence-electron chi connectivity index (χ3n) is 11.4. The number of β-amino-alcohol motifs (C(OH)–C–C–N with tert-alkyl or cyclic N) is 1. The molecule has 1 fully saturated rings. The maximum Gasteiger partial charge on any atom is 0.324 e. The van der Waals surface area contributed by atoms with Crippen molar-refractivity contribution in [2.45, 2.75) is 85.0 Å². The van der Waals surface area contributed by atoms with Crippen molar-refractivity contribution in [3.05, 3.63) is 102 Å². The number of urea groups is 1. The lowest BCUT2D eigenvalue weighted by atomic mass is 9.85. The highest BCUT2D eigenvalue weighted by Gasteiger charge is 2.44. The van der Waals surface area contributed by atoms with Crippen molar-refractivity contribution < 1.29 is 38.3 Å². The number of ether oxygens (including phenoxy) is 2. The molecule has 4 aromatic heterocycles. The molecule has 0 bridgehead atoms. The lowest BCUT2D eigenvalue weighted by molar-refractivity contribution is -0.144. The van der Waals surface area contributed by atoms with Crippen LogP contribution in [0.4, 0.5) is 16.3 Å². The molecule has 8 rings (SSSR count). The number of hydrogen-bond acceptors (Lipinski definition) is 13. The number of aryl methyl sites for hydroxylation is 1. The topological polar surface area (TPSA) is 215 Å². The van der Waals surface area contributed by atoms with E-state index >= 15 is 0 Å². The highest BCUT2D eigenvalue weighted by molar-refractivity contribution is 7.23. The Balaban J connectivity index is 0.788. The summed E-state index contributed by atoms with van der Waals surface area (Å²) in [5.74, 6) is 0.311. The molecule has 1 aliphatic heterocycles. The zero-order valence-electron chi connectivity index (χ0n) is 38.9. The maximum atomic E-state index is 14.0. The van der Waals surface area contributed by atoms with E-state index in [1.54, 1.807) is 17.4 Å². The third kappa shape index (κ3) is 11.2. The number of nitrogens with one attached hydrogen (secondary N) is 4. The predicted octanol–water partition coefficient (Wildman–Crippen LogP) is 7.78. The first-order chi connectivity index (χ1) is 32.4. The molecule has 5 N–H and O–H groups in total. The van der Waals surface area contributed by atoms with Gasteiger partial charge in [0.1, 0.15) is 36.8 Å². The van der Waals surface area contributed by atoms with E-state index in [9.17, 15) is 24.3 Å². The standard InChI is InChI=1S/C49H55N9O8S2/c1-28-42(67-27-51-28)31-10-8-29(9-11-31)23-50-44(61)37-20-33(59)24-57(37)45(62)43(49(5,6)7)55-41(60)26-64-18-19-65-34-16-17-36-38(21-34)68-47-53-35(25-58(36)47)30-12-14-32(15-13-30)52-46(63)54-40-22-39(66-56-40)48(2,3)4/h8-17,21-22,25,27,33,37,43,59H,18-20,23-24,26H2,1-7H3,(H,50,61)(H,55,60)(H2,52,54,56,63)/t33-,37+,43-/m1/s1. The number of aromatic nitrogens is 4. The minimum absolute atomic E-state index is 0.0241. The fourth-order valence-corrected chi connectivity index (χ4v) is 9.61. The van der Waals surface area contributed by atoms with Gasteiger partial charge in [0.15, 0.2) is 10.8 Å². The van der Waals surface area contributed by atoms with Crippen LogP contribution < -0.4 is 26.0 Å². The fourth-order valence-electron chi connectivity index (χ4n) is 7.77. The molecule has 0 saturated carbocycles. The second kappa shape index (κ2) is 19.9. The molecule has 3 atom stereocenters. The molecule has 1 saturated heterocycles. The Morgan fingerprint density at radius 2 is 1.69 bits per heavy atom. The molecule has 5 amide bonds. The summed E-state index contributed by atoms with van der Waals surface area (Å²) in [7, 11) is 0. The number of benzene rings is 3. The smallest absolute Gasteiger partial charge is 0.324 e. The molecule has 1 aliphatic rings. The van der Waals surface area contributed by atoms with Crippen molar-refractivity contribution in [1.82, 2.24) is 35.1 Å². The Kier molecular flexibility index (Phi) is 14.0. The fraction of sp³-hybridized carbons (Fsp3) is 0.367. The summed E-state index contributed by atoms with van der Waals surface area (Å²) in [6.45, 7) is 13.7. The van der Waals surface area contributed by atoms with Gasteiger partial charge in [-0.3, -0.25) is 24.1 Å². The molecule has 68 heavy (non-hydrogen) atoms. The maximum absolute atomic E-state index is 14.0. The van der Waals surface area contributed by atoms with E-state index in [4.69, 9.17) is 19.0 Å². The number of thiazole rings is 2. The number of carbonyl (C=O) groups is 4. The number of hydrogen-bond donors (Lipinski definition) is 5. The van der Waals surface area contributed by atoms with Gasteiger partial charge in [-0.25, -0.2) is 14.8 Å². The number of rotatable bonds is 15. The van der Waals surface area contributed by atoms with E-state index in [2.05, 4.69) is 31.4 Å². The van der Waals surface area contributed by atoms with Crippen LogP contribution in [0.5, 0.6) is 5.75 Å². The molecule has 17 nitrogen and oxygen atoms in total. The number of carbonyl (C=O) groups excluding carboxylic acids is 4. The highest BCUT2D eigenvalue weighted by Crippen LogP contribution is 2.33. The van der Waals surface area contributed by atoms with E-state index in [0.29, 0.717) is 23.0 Å². The molecule has 5 heterocycles. The summed E-state index contributed by atoms with van der Waals surface area (Å²) in [4.78, 5) is 65.6. The highest BCUT2D eigenvalue weighted by atomic mass is 32.1. The summed E-state index contributed by atoms with van der Waals surface area (Å²) >= 11 is 3.09. The van der Waals surface area contributed by atoms with Crippen LogP contribution in [0.25, 0.3) is 36.9 Å². The molecular formula is C49H55N9O8S2. The zero-order valence-corrected chi connectivity index (χ0v) is 40.5. The largest absolute Gasteiger partial charge is 0.491 e. The van der Waals surface area contributed by atoms with Gasteiger partial charge in [0.2, 0.25) is 17.7 Å². The Bertz CT molecular complexity index is 2930. The Hall–Kier alpha value is -6.67. The summed E-state index contributed by atoms with van der Waals surface area (Å²) in [5.41, 5.74) is 7.00. The van der Waals surface area contributed by atoms with Gasteiger partial charge < -0.3 is 40.0 Å². The Morgan fingerprint density at radius 3 is 2.38 bits per heavy atom. The summed E-state index contributed by atoms with van der Waals surface area (Å²) in [6.07, 6.45) is 1.18. The number of imidazole rings is 1. The van der Waals surface area contributed by atoms with Gasteiger partial charge in [0.25, 0.3) is 0 Å². The lowest BCUT2D eigenvalue weighted by Crippen LogP contribution is -2.58. The van der Waals surface area contributed by atoms with Gasteiger partial charge in [-0.05, 0) is 53.8 Å². The van der Waals surface area contributed by atoms with Crippen LogP contribution in [-0.4, -0.2) is 97.8 Å². The monoisotopic (exact) mass is 961 g/mol. The molecule has 0 unspecified atom stereocenters. The van der Waals surface area contributed by atoms with Crippen molar-refractivity contribution in [2.75, 3.05) is 37.0 Å². The average Bonchev–Trinajstić information content (AvgIpc) is 4.14. The number of aliphatic hydroxyl groups excluding tert-OH is 1. The van der Waals surface area contributed by atoms with Crippen LogP contribution in [0.1, 0.15) is 65.0 Å². The van der Waals surface area contributed by atoms with Gasteiger partial charge in [-0.15, -0.1) is 11.3 Å². The first-order valence-electron chi connectivity index (χ1n) is 22.2. The van der Waals surface area contributed by atoms with Crippen LogP contribution in [0, 0.1) is 12.3 Å². The second-order valence-electron chi connectivity index (χ2n) is 18.8. The number of amides is 5.